The van der Waals surface area contributed by atoms with E-state index in [0.717, 1.165) is 24.0 Å². The highest BCUT2D eigenvalue weighted by molar-refractivity contribution is 5.14. The van der Waals surface area contributed by atoms with Crippen molar-refractivity contribution in [1.82, 2.24) is 0 Å². The largest absolute Gasteiger partial charge is 0.386 e. The minimum atomic E-state index is -0.621. The van der Waals surface area contributed by atoms with E-state index in [1.807, 2.05) is 30.3 Å². The molecule has 3 heteroatoms. The van der Waals surface area contributed by atoms with Crippen LogP contribution in [-0.4, -0.2) is 30.5 Å². The molecule has 0 bridgehead atoms. The van der Waals surface area contributed by atoms with Gasteiger partial charge < -0.3 is 14.6 Å². The minimum absolute atomic E-state index is 0.0734. The van der Waals surface area contributed by atoms with Gasteiger partial charge in [-0.15, -0.1) is 0 Å². The molecular weight excluding hydrogens is 228 g/mol. The van der Waals surface area contributed by atoms with E-state index in [4.69, 9.17) is 9.47 Å². The summed E-state index contributed by atoms with van der Waals surface area (Å²) in [5, 5.41) is 10.0. The van der Waals surface area contributed by atoms with Gasteiger partial charge in [0.15, 0.2) is 0 Å². The van der Waals surface area contributed by atoms with Crippen molar-refractivity contribution in [2.45, 2.75) is 37.8 Å². The SMILES string of the molecule is C=C1CC[C@@H](OCc2ccccc2)[C@@H](OC)[C@@H]1O. The third-order valence-electron chi connectivity index (χ3n) is 3.42. The Bertz CT molecular complexity index is 388. The normalized spacial score (nSPS) is 28.3. The monoisotopic (exact) mass is 248 g/mol. The number of ether oxygens (including phenoxy) is 2. The molecule has 0 saturated heterocycles. The van der Waals surface area contributed by atoms with E-state index in [1.54, 1.807) is 7.11 Å². The summed E-state index contributed by atoms with van der Waals surface area (Å²) in [4.78, 5) is 0. The fraction of sp³-hybridized carbons (Fsp3) is 0.467. The second-order valence-corrected chi connectivity index (χ2v) is 4.68. The Kier molecular flexibility index (Phi) is 4.53. The van der Waals surface area contributed by atoms with Crippen LogP contribution in [0.4, 0.5) is 0 Å². The fourth-order valence-electron chi connectivity index (χ4n) is 2.31. The van der Waals surface area contributed by atoms with E-state index in [0.29, 0.717) is 6.61 Å². The summed E-state index contributed by atoms with van der Waals surface area (Å²) in [5.74, 6) is 0. The van der Waals surface area contributed by atoms with Gasteiger partial charge in [0, 0.05) is 7.11 Å². The van der Waals surface area contributed by atoms with Gasteiger partial charge in [-0.1, -0.05) is 36.9 Å². The van der Waals surface area contributed by atoms with Crippen molar-refractivity contribution in [3.8, 4) is 0 Å². The summed E-state index contributed by atoms with van der Waals surface area (Å²) >= 11 is 0. The standard InChI is InChI=1S/C15H20O3/c1-11-8-9-13(15(17-2)14(11)16)18-10-12-6-4-3-5-7-12/h3-7,13-16H,1,8-10H2,2H3/t13-,14-,15-/m1/s1. The predicted octanol–water partition coefficient (Wildman–Crippen LogP) is 2.30. The fourth-order valence-corrected chi connectivity index (χ4v) is 2.31. The Morgan fingerprint density at radius 2 is 2.06 bits per heavy atom. The number of methoxy groups -OCH3 is 1. The van der Waals surface area contributed by atoms with Crippen LogP contribution < -0.4 is 0 Å². The second-order valence-electron chi connectivity index (χ2n) is 4.68. The molecule has 1 fully saturated rings. The summed E-state index contributed by atoms with van der Waals surface area (Å²) in [6, 6.07) is 10.0. The molecule has 3 atom stereocenters. The third kappa shape index (κ3) is 2.99. The highest BCUT2D eigenvalue weighted by atomic mass is 16.5. The molecule has 0 aliphatic heterocycles. The van der Waals surface area contributed by atoms with Crippen LogP contribution in [0.25, 0.3) is 0 Å². The number of aliphatic hydroxyl groups is 1. The Morgan fingerprint density at radius 3 is 2.72 bits per heavy atom. The Hall–Kier alpha value is -1.16. The van der Waals surface area contributed by atoms with Gasteiger partial charge in [-0.2, -0.15) is 0 Å². The summed E-state index contributed by atoms with van der Waals surface area (Å²) < 4.78 is 11.2. The van der Waals surface area contributed by atoms with Crippen LogP contribution >= 0.6 is 0 Å². The molecule has 0 aromatic heterocycles. The molecule has 2 rings (SSSR count). The molecule has 1 aliphatic carbocycles. The molecule has 1 saturated carbocycles. The first-order valence-electron chi connectivity index (χ1n) is 6.26. The Morgan fingerprint density at radius 1 is 1.33 bits per heavy atom. The van der Waals surface area contributed by atoms with Crippen molar-refractivity contribution in [2.75, 3.05) is 7.11 Å². The Balaban J connectivity index is 1.94. The lowest BCUT2D eigenvalue weighted by molar-refractivity contribution is -0.117. The van der Waals surface area contributed by atoms with Crippen LogP contribution in [-0.2, 0) is 16.1 Å². The van der Waals surface area contributed by atoms with Crippen molar-refractivity contribution in [3.63, 3.8) is 0 Å². The molecule has 1 aromatic rings. The highest BCUT2D eigenvalue weighted by Crippen LogP contribution is 2.27. The van der Waals surface area contributed by atoms with Crippen LogP contribution in [0.5, 0.6) is 0 Å². The van der Waals surface area contributed by atoms with Crippen LogP contribution in [0.3, 0.4) is 0 Å². The first-order valence-corrected chi connectivity index (χ1v) is 6.26. The van der Waals surface area contributed by atoms with Gasteiger partial charge in [-0.05, 0) is 24.0 Å². The van der Waals surface area contributed by atoms with Gasteiger partial charge in [-0.25, -0.2) is 0 Å². The van der Waals surface area contributed by atoms with Crippen molar-refractivity contribution in [2.24, 2.45) is 0 Å². The van der Waals surface area contributed by atoms with Gasteiger partial charge in [-0.3, -0.25) is 0 Å². The number of benzene rings is 1. The average Bonchev–Trinajstić information content (AvgIpc) is 2.41. The first-order chi connectivity index (χ1) is 8.72. The van der Waals surface area contributed by atoms with Crippen molar-refractivity contribution < 1.29 is 14.6 Å². The molecular formula is C15H20O3. The molecule has 1 aliphatic rings. The van der Waals surface area contributed by atoms with Gasteiger partial charge in [0.25, 0.3) is 0 Å². The maximum atomic E-state index is 10.0. The lowest BCUT2D eigenvalue weighted by Crippen LogP contribution is -2.45. The molecule has 0 radical (unpaired) electrons. The van der Waals surface area contributed by atoms with Crippen LogP contribution in [0.1, 0.15) is 18.4 Å². The zero-order valence-corrected chi connectivity index (χ0v) is 10.7. The molecule has 1 N–H and O–H groups in total. The summed E-state index contributed by atoms with van der Waals surface area (Å²) in [6.07, 6.45) is 0.636. The van der Waals surface area contributed by atoms with E-state index >= 15 is 0 Å². The molecule has 0 unspecified atom stereocenters. The summed E-state index contributed by atoms with van der Waals surface area (Å²) in [6.45, 7) is 4.41. The van der Waals surface area contributed by atoms with Gasteiger partial charge in [0.1, 0.15) is 12.2 Å². The quantitative estimate of drug-likeness (QED) is 0.831. The highest BCUT2D eigenvalue weighted by Gasteiger charge is 2.35. The maximum absolute atomic E-state index is 10.0. The summed E-state index contributed by atoms with van der Waals surface area (Å²) in [5.41, 5.74) is 1.97. The van der Waals surface area contributed by atoms with Gasteiger partial charge in [0.2, 0.25) is 0 Å². The molecule has 0 heterocycles. The van der Waals surface area contributed by atoms with E-state index in [9.17, 15) is 5.11 Å². The maximum Gasteiger partial charge on any atom is 0.113 e. The lowest BCUT2D eigenvalue weighted by Gasteiger charge is -2.35. The molecule has 0 spiro atoms. The lowest BCUT2D eigenvalue weighted by atomic mass is 9.88. The van der Waals surface area contributed by atoms with Crippen LogP contribution in [0.15, 0.2) is 42.5 Å². The first kappa shape index (κ1) is 13.3. The number of rotatable bonds is 4. The number of hydrogen-bond donors (Lipinski definition) is 1. The van der Waals surface area contributed by atoms with Crippen molar-refractivity contribution >= 4 is 0 Å². The molecule has 1 aromatic carbocycles. The van der Waals surface area contributed by atoms with Gasteiger partial charge >= 0.3 is 0 Å². The van der Waals surface area contributed by atoms with Gasteiger partial charge in [0.05, 0.1) is 12.7 Å². The molecule has 0 amide bonds. The van der Waals surface area contributed by atoms with Crippen molar-refractivity contribution in [3.05, 3.63) is 48.0 Å². The van der Waals surface area contributed by atoms with Crippen LogP contribution in [0, 0.1) is 0 Å². The minimum Gasteiger partial charge on any atom is -0.386 e. The topological polar surface area (TPSA) is 38.7 Å². The number of hydrogen-bond acceptors (Lipinski definition) is 3. The molecule has 98 valence electrons. The Labute approximate surface area is 108 Å². The third-order valence-corrected chi connectivity index (χ3v) is 3.42. The van der Waals surface area contributed by atoms with E-state index in [2.05, 4.69) is 6.58 Å². The molecule has 18 heavy (non-hydrogen) atoms. The zero-order chi connectivity index (χ0) is 13.0. The van der Waals surface area contributed by atoms with E-state index in [1.165, 1.54) is 0 Å². The zero-order valence-electron chi connectivity index (χ0n) is 10.7. The van der Waals surface area contributed by atoms with E-state index < -0.39 is 6.10 Å². The smallest absolute Gasteiger partial charge is 0.113 e. The van der Waals surface area contributed by atoms with Crippen molar-refractivity contribution in [1.29, 1.82) is 0 Å². The molecule has 3 nitrogen and oxygen atoms in total. The van der Waals surface area contributed by atoms with E-state index in [-0.39, 0.29) is 12.2 Å². The second kappa shape index (κ2) is 6.14. The summed E-state index contributed by atoms with van der Waals surface area (Å²) in [7, 11) is 1.60. The number of aliphatic hydroxyl groups excluding tert-OH is 1. The average molecular weight is 248 g/mol. The predicted molar refractivity (Wildman–Crippen MR) is 70.2 cm³/mol. The van der Waals surface area contributed by atoms with Crippen LogP contribution in [0.2, 0.25) is 0 Å².